The SMILES string of the molecule is CNCc1cc(F)cc(N(C)C(C)C(C)C)c1. The average molecular weight is 238 g/mol. The van der Waals surface area contributed by atoms with Crippen LogP contribution in [-0.4, -0.2) is 20.1 Å². The van der Waals surface area contributed by atoms with Gasteiger partial charge in [0, 0.05) is 25.3 Å². The van der Waals surface area contributed by atoms with Crippen molar-refractivity contribution in [1.82, 2.24) is 5.32 Å². The summed E-state index contributed by atoms with van der Waals surface area (Å²) in [7, 11) is 3.88. The topological polar surface area (TPSA) is 15.3 Å². The van der Waals surface area contributed by atoms with Crippen LogP contribution >= 0.6 is 0 Å². The summed E-state index contributed by atoms with van der Waals surface area (Å²) in [5.41, 5.74) is 1.92. The Bertz CT molecular complexity index is 363. The van der Waals surface area contributed by atoms with E-state index in [0.29, 0.717) is 18.5 Å². The number of hydrogen-bond acceptors (Lipinski definition) is 2. The van der Waals surface area contributed by atoms with Gasteiger partial charge in [-0.3, -0.25) is 0 Å². The minimum atomic E-state index is -0.171. The first-order valence-electron chi connectivity index (χ1n) is 6.12. The first-order valence-corrected chi connectivity index (χ1v) is 6.12. The minimum Gasteiger partial charge on any atom is -0.372 e. The maximum Gasteiger partial charge on any atom is 0.125 e. The molecule has 0 aliphatic carbocycles. The predicted molar refractivity (Wildman–Crippen MR) is 71.9 cm³/mol. The molecule has 1 aromatic rings. The number of hydrogen-bond donors (Lipinski definition) is 1. The zero-order chi connectivity index (χ0) is 13.0. The van der Waals surface area contributed by atoms with Crippen molar-refractivity contribution in [1.29, 1.82) is 0 Å². The van der Waals surface area contributed by atoms with E-state index >= 15 is 0 Å². The van der Waals surface area contributed by atoms with Gasteiger partial charge in [-0.25, -0.2) is 4.39 Å². The fraction of sp³-hybridized carbons (Fsp3) is 0.571. The summed E-state index contributed by atoms with van der Waals surface area (Å²) in [4.78, 5) is 2.13. The van der Waals surface area contributed by atoms with Gasteiger partial charge in [0.15, 0.2) is 0 Å². The molecule has 1 atom stereocenters. The normalized spacial score (nSPS) is 12.9. The van der Waals surface area contributed by atoms with Gasteiger partial charge in [0.2, 0.25) is 0 Å². The van der Waals surface area contributed by atoms with Crippen molar-refractivity contribution in [2.75, 3.05) is 19.0 Å². The fourth-order valence-electron chi connectivity index (χ4n) is 1.83. The Hall–Kier alpha value is -1.09. The highest BCUT2D eigenvalue weighted by molar-refractivity contribution is 5.49. The summed E-state index contributed by atoms with van der Waals surface area (Å²) in [5, 5.41) is 3.04. The molecule has 1 rings (SSSR count). The molecular weight excluding hydrogens is 215 g/mol. The summed E-state index contributed by atoms with van der Waals surface area (Å²) in [6, 6.07) is 5.60. The molecule has 0 amide bonds. The second-order valence-corrected chi connectivity index (χ2v) is 4.94. The molecule has 1 N–H and O–H groups in total. The molecule has 96 valence electrons. The van der Waals surface area contributed by atoms with Gasteiger partial charge in [0.05, 0.1) is 0 Å². The summed E-state index contributed by atoms with van der Waals surface area (Å²) >= 11 is 0. The molecular formula is C14H23FN2. The fourth-order valence-corrected chi connectivity index (χ4v) is 1.83. The molecule has 0 heterocycles. The maximum atomic E-state index is 13.5. The Morgan fingerprint density at radius 3 is 2.41 bits per heavy atom. The summed E-state index contributed by atoms with van der Waals surface area (Å²) in [6.45, 7) is 7.20. The molecule has 3 heteroatoms. The summed E-state index contributed by atoms with van der Waals surface area (Å²) < 4.78 is 13.5. The van der Waals surface area contributed by atoms with Gasteiger partial charge in [-0.05, 0) is 43.7 Å². The van der Waals surface area contributed by atoms with Crippen molar-refractivity contribution in [3.05, 3.63) is 29.6 Å². The predicted octanol–water partition coefficient (Wildman–Crippen LogP) is 3.03. The van der Waals surface area contributed by atoms with E-state index < -0.39 is 0 Å². The summed E-state index contributed by atoms with van der Waals surface area (Å²) in [6.07, 6.45) is 0. The molecule has 0 aromatic heterocycles. The van der Waals surface area contributed by atoms with Crippen LogP contribution < -0.4 is 10.2 Å². The molecule has 1 unspecified atom stereocenters. The first kappa shape index (κ1) is 14.0. The molecule has 0 aliphatic heterocycles. The van der Waals surface area contributed by atoms with Gasteiger partial charge in [-0.2, -0.15) is 0 Å². The zero-order valence-corrected chi connectivity index (χ0v) is 11.4. The smallest absolute Gasteiger partial charge is 0.125 e. The van der Waals surface area contributed by atoms with Gasteiger partial charge >= 0.3 is 0 Å². The molecule has 0 aliphatic rings. The third-order valence-corrected chi connectivity index (χ3v) is 3.31. The Labute approximate surface area is 104 Å². The van der Waals surface area contributed by atoms with Gasteiger partial charge in [0.25, 0.3) is 0 Å². The minimum absolute atomic E-state index is 0.171. The van der Waals surface area contributed by atoms with Crippen molar-refractivity contribution in [3.63, 3.8) is 0 Å². The number of rotatable bonds is 5. The average Bonchev–Trinajstić information content (AvgIpc) is 2.26. The number of anilines is 1. The first-order chi connectivity index (χ1) is 7.95. The quantitative estimate of drug-likeness (QED) is 0.848. The molecule has 0 bridgehead atoms. The van der Waals surface area contributed by atoms with Crippen LogP contribution in [0.5, 0.6) is 0 Å². The van der Waals surface area contributed by atoms with Gasteiger partial charge in [-0.1, -0.05) is 13.8 Å². The lowest BCUT2D eigenvalue weighted by Crippen LogP contribution is -2.33. The van der Waals surface area contributed by atoms with E-state index in [0.717, 1.165) is 11.3 Å². The third kappa shape index (κ3) is 3.70. The lowest BCUT2D eigenvalue weighted by Gasteiger charge is -2.30. The van der Waals surface area contributed by atoms with Crippen molar-refractivity contribution in [3.8, 4) is 0 Å². The molecule has 0 fully saturated rings. The maximum absolute atomic E-state index is 13.5. The second-order valence-electron chi connectivity index (χ2n) is 4.94. The molecule has 1 aromatic carbocycles. The summed E-state index contributed by atoms with van der Waals surface area (Å²) in [5.74, 6) is 0.367. The van der Waals surface area contributed by atoms with E-state index in [1.807, 2.05) is 20.2 Å². The van der Waals surface area contributed by atoms with Gasteiger partial charge in [0.1, 0.15) is 5.82 Å². The Kier molecular flexibility index (Phi) is 4.94. The van der Waals surface area contributed by atoms with E-state index in [1.165, 1.54) is 0 Å². The molecule has 0 radical (unpaired) electrons. The Morgan fingerprint density at radius 2 is 1.88 bits per heavy atom. The van der Waals surface area contributed by atoms with Crippen LogP contribution in [0.2, 0.25) is 0 Å². The van der Waals surface area contributed by atoms with Crippen molar-refractivity contribution in [2.24, 2.45) is 5.92 Å². The highest BCUT2D eigenvalue weighted by Crippen LogP contribution is 2.22. The van der Waals surface area contributed by atoms with Crippen LogP contribution in [0.4, 0.5) is 10.1 Å². The van der Waals surface area contributed by atoms with Crippen molar-refractivity contribution in [2.45, 2.75) is 33.4 Å². The van der Waals surface area contributed by atoms with Gasteiger partial charge < -0.3 is 10.2 Å². The molecule has 0 saturated carbocycles. The Morgan fingerprint density at radius 1 is 1.24 bits per heavy atom. The standard InChI is InChI=1S/C14H23FN2/c1-10(2)11(3)17(5)14-7-12(9-16-4)6-13(15)8-14/h6-8,10-11,16H,9H2,1-5H3. The molecule has 0 saturated heterocycles. The van der Waals surface area contributed by atoms with Crippen LogP contribution in [0, 0.1) is 11.7 Å². The van der Waals surface area contributed by atoms with Crippen LogP contribution in [0.3, 0.4) is 0 Å². The number of halogens is 1. The van der Waals surface area contributed by atoms with Crippen LogP contribution in [0.15, 0.2) is 18.2 Å². The number of nitrogens with one attached hydrogen (secondary N) is 1. The van der Waals surface area contributed by atoms with Crippen molar-refractivity contribution < 1.29 is 4.39 Å². The van der Waals surface area contributed by atoms with Crippen molar-refractivity contribution >= 4 is 5.69 Å². The van der Waals surface area contributed by atoms with E-state index in [9.17, 15) is 4.39 Å². The molecule has 17 heavy (non-hydrogen) atoms. The zero-order valence-electron chi connectivity index (χ0n) is 11.4. The lowest BCUT2D eigenvalue weighted by molar-refractivity contribution is 0.504. The van der Waals surface area contributed by atoms with E-state index in [1.54, 1.807) is 12.1 Å². The van der Waals surface area contributed by atoms with Crippen LogP contribution in [0.1, 0.15) is 26.3 Å². The second kappa shape index (κ2) is 6.01. The third-order valence-electron chi connectivity index (χ3n) is 3.31. The lowest BCUT2D eigenvalue weighted by atomic mass is 10.0. The van der Waals surface area contributed by atoms with E-state index in [4.69, 9.17) is 0 Å². The van der Waals surface area contributed by atoms with E-state index in [2.05, 4.69) is 31.0 Å². The molecule has 2 nitrogen and oxygen atoms in total. The monoisotopic (exact) mass is 238 g/mol. The number of nitrogens with zero attached hydrogens (tertiary/aromatic N) is 1. The molecule has 0 spiro atoms. The van der Waals surface area contributed by atoms with Gasteiger partial charge in [-0.15, -0.1) is 0 Å². The van der Waals surface area contributed by atoms with Crippen LogP contribution in [-0.2, 0) is 6.54 Å². The highest BCUT2D eigenvalue weighted by atomic mass is 19.1. The highest BCUT2D eigenvalue weighted by Gasteiger charge is 2.14. The number of benzene rings is 1. The van der Waals surface area contributed by atoms with E-state index in [-0.39, 0.29) is 5.82 Å². The Balaban J connectivity index is 2.96. The van der Waals surface area contributed by atoms with Crippen LogP contribution in [0.25, 0.3) is 0 Å². The largest absolute Gasteiger partial charge is 0.372 e.